The van der Waals surface area contributed by atoms with Crippen LogP contribution in [0, 0.1) is 0 Å². The third-order valence-electron chi connectivity index (χ3n) is 2.80. The fourth-order valence-corrected chi connectivity index (χ4v) is 2.07. The molecule has 0 bridgehead atoms. The molecule has 116 valence electrons. The van der Waals surface area contributed by atoms with Crippen molar-refractivity contribution in [2.24, 2.45) is 0 Å². The molecule has 1 unspecified atom stereocenters. The Morgan fingerprint density at radius 2 is 2.05 bits per heavy atom. The summed E-state index contributed by atoms with van der Waals surface area (Å²) in [5, 5.41) is 3.07. The number of carbonyl (C=O) groups excluding carboxylic acids is 1. The molecule has 0 spiro atoms. The molecule has 1 N–H and O–H groups in total. The molecule has 0 radical (unpaired) electrons. The molecule has 0 aliphatic carbocycles. The van der Waals surface area contributed by atoms with Gasteiger partial charge in [0.1, 0.15) is 11.8 Å². The molecule has 5 nitrogen and oxygen atoms in total. The Bertz CT molecular complexity index is 632. The monoisotopic (exact) mass is 364 g/mol. The Balaban J connectivity index is 1.97. The second-order valence-corrected chi connectivity index (χ2v) is 5.47. The highest BCUT2D eigenvalue weighted by Crippen LogP contribution is 2.23. The molecule has 0 saturated heterocycles. The van der Waals surface area contributed by atoms with Gasteiger partial charge in [0.2, 0.25) is 5.88 Å². The fraction of sp³-hybridized carbons (Fsp3) is 0.250. The first-order valence-corrected chi connectivity index (χ1v) is 7.70. The average molecular weight is 365 g/mol. The summed E-state index contributed by atoms with van der Waals surface area (Å²) in [5.41, 5.74) is 0.815. The zero-order valence-electron chi connectivity index (χ0n) is 12.4. The van der Waals surface area contributed by atoms with Crippen LogP contribution in [0.15, 0.2) is 47.1 Å². The smallest absolute Gasteiger partial charge is 0.328 e. The Kier molecular flexibility index (Phi) is 5.77. The number of hydrogen-bond donors (Lipinski definition) is 1. The van der Waals surface area contributed by atoms with Crippen LogP contribution >= 0.6 is 15.9 Å². The summed E-state index contributed by atoms with van der Waals surface area (Å²) in [7, 11) is 0. The van der Waals surface area contributed by atoms with Crippen molar-refractivity contribution in [3.8, 4) is 11.6 Å². The lowest BCUT2D eigenvalue weighted by Crippen LogP contribution is -2.28. The molecule has 1 aromatic heterocycles. The van der Waals surface area contributed by atoms with E-state index in [1.165, 1.54) is 0 Å². The van der Waals surface area contributed by atoms with E-state index in [2.05, 4.69) is 26.2 Å². The minimum Gasteiger partial charge on any atom is -0.464 e. The van der Waals surface area contributed by atoms with Crippen molar-refractivity contribution >= 4 is 27.6 Å². The van der Waals surface area contributed by atoms with Crippen LogP contribution in [0.4, 0.5) is 5.69 Å². The van der Waals surface area contributed by atoms with Gasteiger partial charge in [0.05, 0.1) is 6.61 Å². The van der Waals surface area contributed by atoms with Crippen molar-refractivity contribution in [3.63, 3.8) is 0 Å². The van der Waals surface area contributed by atoms with Crippen molar-refractivity contribution in [1.29, 1.82) is 0 Å². The third-order valence-corrected chi connectivity index (χ3v) is 3.29. The van der Waals surface area contributed by atoms with E-state index < -0.39 is 6.04 Å². The first-order chi connectivity index (χ1) is 10.6. The van der Waals surface area contributed by atoms with Gasteiger partial charge in [0, 0.05) is 22.4 Å². The number of nitrogens with one attached hydrogen (secondary N) is 1. The highest BCUT2D eigenvalue weighted by Gasteiger charge is 2.13. The predicted molar refractivity (Wildman–Crippen MR) is 88.2 cm³/mol. The zero-order valence-corrected chi connectivity index (χ0v) is 14.0. The molecule has 2 rings (SSSR count). The van der Waals surface area contributed by atoms with Crippen LogP contribution in [0.1, 0.15) is 13.8 Å². The average Bonchev–Trinajstić information content (AvgIpc) is 2.49. The molecule has 1 atom stereocenters. The van der Waals surface area contributed by atoms with Gasteiger partial charge in [-0.2, -0.15) is 0 Å². The van der Waals surface area contributed by atoms with E-state index in [9.17, 15) is 4.79 Å². The Labute approximate surface area is 137 Å². The number of esters is 1. The van der Waals surface area contributed by atoms with E-state index in [1.54, 1.807) is 26.1 Å². The van der Waals surface area contributed by atoms with Crippen LogP contribution in [0.2, 0.25) is 0 Å². The molecule has 22 heavy (non-hydrogen) atoms. The predicted octanol–water partition coefficient (Wildman–Crippen LogP) is 4.00. The van der Waals surface area contributed by atoms with Crippen molar-refractivity contribution in [1.82, 2.24) is 4.98 Å². The van der Waals surface area contributed by atoms with Gasteiger partial charge in [-0.1, -0.05) is 15.9 Å². The van der Waals surface area contributed by atoms with Gasteiger partial charge < -0.3 is 14.8 Å². The first-order valence-electron chi connectivity index (χ1n) is 6.91. The van der Waals surface area contributed by atoms with Gasteiger partial charge in [0.15, 0.2) is 0 Å². The Morgan fingerprint density at radius 3 is 2.68 bits per heavy atom. The normalized spacial score (nSPS) is 11.6. The number of carbonyl (C=O) groups is 1. The molecule has 6 heteroatoms. The summed E-state index contributed by atoms with van der Waals surface area (Å²) in [4.78, 5) is 15.7. The second kappa shape index (κ2) is 7.79. The molecule has 0 fully saturated rings. The van der Waals surface area contributed by atoms with E-state index in [0.717, 1.165) is 10.2 Å². The van der Waals surface area contributed by atoms with Crippen LogP contribution in [0.25, 0.3) is 0 Å². The molecule has 1 aromatic carbocycles. The van der Waals surface area contributed by atoms with Crippen molar-refractivity contribution in [3.05, 3.63) is 47.1 Å². The van der Waals surface area contributed by atoms with Crippen molar-refractivity contribution in [2.75, 3.05) is 11.9 Å². The number of halogens is 1. The number of anilines is 1. The summed E-state index contributed by atoms with van der Waals surface area (Å²) in [6.45, 7) is 3.91. The first kappa shape index (κ1) is 16.3. The van der Waals surface area contributed by atoms with Crippen LogP contribution in [-0.2, 0) is 9.53 Å². The van der Waals surface area contributed by atoms with Crippen molar-refractivity contribution < 1.29 is 14.3 Å². The van der Waals surface area contributed by atoms with Crippen LogP contribution in [0.5, 0.6) is 11.6 Å². The van der Waals surface area contributed by atoms with E-state index in [1.807, 2.05) is 30.3 Å². The maximum Gasteiger partial charge on any atom is 0.328 e. The maximum absolute atomic E-state index is 11.6. The van der Waals surface area contributed by atoms with E-state index in [4.69, 9.17) is 9.47 Å². The van der Waals surface area contributed by atoms with Gasteiger partial charge in [-0.05, 0) is 44.2 Å². The van der Waals surface area contributed by atoms with Crippen LogP contribution in [0.3, 0.4) is 0 Å². The number of rotatable bonds is 6. The maximum atomic E-state index is 11.6. The van der Waals surface area contributed by atoms with Crippen LogP contribution < -0.4 is 10.1 Å². The van der Waals surface area contributed by atoms with E-state index in [-0.39, 0.29) is 5.97 Å². The van der Waals surface area contributed by atoms with Crippen LogP contribution in [-0.4, -0.2) is 23.6 Å². The minimum absolute atomic E-state index is 0.277. The molecule has 0 saturated carbocycles. The number of aromatic nitrogens is 1. The Hall–Kier alpha value is -2.08. The molecule has 0 aliphatic rings. The lowest BCUT2D eigenvalue weighted by atomic mass is 10.2. The largest absolute Gasteiger partial charge is 0.464 e. The molecular weight excluding hydrogens is 348 g/mol. The zero-order chi connectivity index (χ0) is 15.9. The molecule has 0 aliphatic heterocycles. The summed E-state index contributed by atoms with van der Waals surface area (Å²) < 4.78 is 11.5. The van der Waals surface area contributed by atoms with Crippen molar-refractivity contribution in [2.45, 2.75) is 19.9 Å². The van der Waals surface area contributed by atoms with E-state index in [0.29, 0.717) is 18.2 Å². The summed E-state index contributed by atoms with van der Waals surface area (Å²) in [6.07, 6.45) is 1.66. The number of ether oxygens (including phenoxy) is 2. The number of pyridine rings is 1. The topological polar surface area (TPSA) is 60.5 Å². The quantitative estimate of drug-likeness (QED) is 0.784. The van der Waals surface area contributed by atoms with E-state index >= 15 is 0 Å². The summed E-state index contributed by atoms with van der Waals surface area (Å²) in [6, 6.07) is 10.5. The number of benzene rings is 1. The highest BCUT2D eigenvalue weighted by atomic mass is 79.9. The molecule has 0 amide bonds. The third kappa shape index (κ3) is 4.73. The summed E-state index contributed by atoms with van der Waals surface area (Å²) in [5.74, 6) is 0.899. The Morgan fingerprint density at radius 1 is 1.32 bits per heavy atom. The molecule has 1 heterocycles. The van der Waals surface area contributed by atoms with Gasteiger partial charge in [-0.15, -0.1) is 0 Å². The fourth-order valence-electron chi connectivity index (χ4n) is 1.76. The lowest BCUT2D eigenvalue weighted by molar-refractivity contribution is -0.143. The van der Waals surface area contributed by atoms with Gasteiger partial charge >= 0.3 is 5.97 Å². The number of nitrogens with zero attached hydrogens (tertiary/aromatic N) is 1. The second-order valence-electron chi connectivity index (χ2n) is 4.56. The highest BCUT2D eigenvalue weighted by molar-refractivity contribution is 9.10. The number of hydrogen-bond acceptors (Lipinski definition) is 5. The SMILES string of the molecule is CCOC(=O)C(C)Nc1ccc(Oc2cc(Br)ccn2)cc1. The van der Waals surface area contributed by atoms with Gasteiger partial charge in [-0.3, -0.25) is 0 Å². The van der Waals surface area contributed by atoms with Gasteiger partial charge in [0.25, 0.3) is 0 Å². The minimum atomic E-state index is -0.404. The standard InChI is InChI=1S/C16H17BrN2O3/c1-3-21-16(20)11(2)19-13-4-6-14(7-5-13)22-15-10-12(17)8-9-18-15/h4-11,19H,3H2,1-2H3. The van der Waals surface area contributed by atoms with Gasteiger partial charge in [-0.25, -0.2) is 9.78 Å². The molecular formula is C16H17BrN2O3. The summed E-state index contributed by atoms with van der Waals surface area (Å²) >= 11 is 3.37. The lowest BCUT2D eigenvalue weighted by Gasteiger charge is -2.14. The molecule has 2 aromatic rings.